The van der Waals surface area contributed by atoms with Crippen LogP contribution in [0.3, 0.4) is 0 Å². The minimum absolute atomic E-state index is 0.141. The van der Waals surface area contributed by atoms with Crippen LogP contribution in [0.25, 0.3) is 11.7 Å². The summed E-state index contributed by atoms with van der Waals surface area (Å²) in [4.78, 5) is 16.1. The minimum atomic E-state index is -0.417. The summed E-state index contributed by atoms with van der Waals surface area (Å²) in [5, 5.41) is 4.82. The van der Waals surface area contributed by atoms with Gasteiger partial charge in [-0.1, -0.05) is 11.6 Å². The van der Waals surface area contributed by atoms with Crippen molar-refractivity contribution in [1.82, 2.24) is 19.2 Å². The van der Waals surface area contributed by atoms with Gasteiger partial charge in [-0.25, -0.2) is 9.78 Å². The molecule has 3 rings (SSSR count). The van der Waals surface area contributed by atoms with Crippen LogP contribution in [-0.2, 0) is 23.2 Å². The van der Waals surface area contributed by atoms with Gasteiger partial charge in [-0.2, -0.15) is 5.10 Å². The molecule has 7 heteroatoms. The lowest BCUT2D eigenvalue weighted by Crippen LogP contribution is -2.02. The molecule has 0 aliphatic heterocycles. The number of carbonyl (C=O) groups is 1. The van der Waals surface area contributed by atoms with Gasteiger partial charge in [-0.15, -0.1) is 0 Å². The van der Waals surface area contributed by atoms with Crippen molar-refractivity contribution in [2.24, 2.45) is 7.05 Å². The Bertz CT molecular complexity index is 940. The summed E-state index contributed by atoms with van der Waals surface area (Å²) < 4.78 is 8.85. The predicted molar refractivity (Wildman–Crippen MR) is 91.7 cm³/mol. The molecule has 0 amide bonds. The molecule has 0 unspecified atom stereocenters. The number of hydrogen-bond acceptors (Lipinski definition) is 4. The van der Waals surface area contributed by atoms with E-state index >= 15 is 0 Å². The Morgan fingerprint density at radius 2 is 2.21 bits per heavy atom. The van der Waals surface area contributed by atoms with Crippen LogP contribution in [0.1, 0.15) is 22.5 Å². The molecule has 0 saturated heterocycles. The van der Waals surface area contributed by atoms with E-state index in [0.717, 1.165) is 22.5 Å². The van der Waals surface area contributed by atoms with Gasteiger partial charge in [-0.05, 0) is 26.0 Å². The summed E-state index contributed by atoms with van der Waals surface area (Å²) in [5.41, 5.74) is 4.26. The molecular weight excluding hydrogens is 328 g/mol. The first-order chi connectivity index (χ1) is 11.5. The molecule has 0 aliphatic carbocycles. The van der Waals surface area contributed by atoms with Crippen molar-refractivity contribution in [3.05, 3.63) is 58.3 Å². The number of esters is 1. The number of imidazole rings is 1. The number of ether oxygens (including phenoxy) is 1. The largest absolute Gasteiger partial charge is 0.458 e. The summed E-state index contributed by atoms with van der Waals surface area (Å²) in [6.45, 7) is 4.00. The maximum atomic E-state index is 11.9. The molecular formula is C17H17ClN4O2. The average Bonchev–Trinajstić information content (AvgIpc) is 3.10. The first kappa shape index (κ1) is 16.3. The third kappa shape index (κ3) is 3.19. The van der Waals surface area contributed by atoms with Gasteiger partial charge in [0.05, 0.1) is 10.7 Å². The number of halogens is 1. The summed E-state index contributed by atoms with van der Waals surface area (Å²) in [7, 11) is 1.87. The fourth-order valence-electron chi connectivity index (χ4n) is 2.51. The third-order valence-corrected chi connectivity index (χ3v) is 4.11. The molecule has 0 atom stereocenters. The Balaban J connectivity index is 1.67. The second-order valence-electron chi connectivity index (χ2n) is 5.50. The van der Waals surface area contributed by atoms with Crippen LogP contribution in [0.15, 0.2) is 30.7 Å². The van der Waals surface area contributed by atoms with Gasteiger partial charge in [0.2, 0.25) is 0 Å². The van der Waals surface area contributed by atoms with E-state index in [1.807, 2.05) is 27.1 Å². The maximum absolute atomic E-state index is 11.9. The normalized spacial score (nSPS) is 11.5. The molecule has 0 saturated carbocycles. The van der Waals surface area contributed by atoms with Crippen LogP contribution in [0, 0.1) is 13.8 Å². The Morgan fingerprint density at radius 1 is 1.42 bits per heavy atom. The number of hydrogen-bond donors (Lipinski definition) is 0. The molecule has 3 aromatic heterocycles. The molecule has 0 radical (unpaired) electrons. The molecule has 24 heavy (non-hydrogen) atoms. The molecule has 0 aliphatic rings. The SMILES string of the molecule is Cc1nn(C)c(C)c1/C=C/C(=O)OCc1cc(Cl)c2nccn2c1. The monoisotopic (exact) mass is 344 g/mol. The Labute approximate surface area is 144 Å². The minimum Gasteiger partial charge on any atom is -0.458 e. The van der Waals surface area contributed by atoms with Gasteiger partial charge in [0, 0.05) is 48.5 Å². The van der Waals surface area contributed by atoms with E-state index in [0.29, 0.717) is 10.7 Å². The van der Waals surface area contributed by atoms with Gasteiger partial charge in [0.25, 0.3) is 0 Å². The van der Waals surface area contributed by atoms with E-state index in [1.54, 1.807) is 33.6 Å². The van der Waals surface area contributed by atoms with Crippen LogP contribution >= 0.6 is 11.6 Å². The van der Waals surface area contributed by atoms with E-state index < -0.39 is 5.97 Å². The standard InChI is InChI=1S/C17H17ClN4O2/c1-11-14(12(2)21(3)20-11)4-5-16(23)24-10-13-8-15(18)17-19-6-7-22(17)9-13/h4-9H,10H2,1-3H3/b5-4+. The van der Waals surface area contributed by atoms with Crippen molar-refractivity contribution in [3.8, 4) is 0 Å². The molecule has 124 valence electrons. The Morgan fingerprint density at radius 3 is 2.92 bits per heavy atom. The van der Waals surface area contributed by atoms with Crippen molar-refractivity contribution in [1.29, 1.82) is 0 Å². The zero-order valence-corrected chi connectivity index (χ0v) is 14.4. The highest BCUT2D eigenvalue weighted by molar-refractivity contribution is 6.33. The fourth-order valence-corrected chi connectivity index (χ4v) is 2.80. The van der Waals surface area contributed by atoms with Crippen molar-refractivity contribution in [3.63, 3.8) is 0 Å². The second-order valence-corrected chi connectivity index (χ2v) is 5.91. The summed E-state index contributed by atoms with van der Waals surface area (Å²) in [5.74, 6) is -0.417. The molecule has 0 bridgehead atoms. The zero-order valence-electron chi connectivity index (χ0n) is 13.7. The smallest absolute Gasteiger partial charge is 0.331 e. The lowest BCUT2D eigenvalue weighted by atomic mass is 10.2. The van der Waals surface area contributed by atoms with E-state index in [9.17, 15) is 4.79 Å². The zero-order chi connectivity index (χ0) is 17.3. The molecule has 3 heterocycles. The van der Waals surface area contributed by atoms with Crippen molar-refractivity contribution in [2.45, 2.75) is 20.5 Å². The summed E-state index contributed by atoms with van der Waals surface area (Å²) >= 11 is 6.15. The highest BCUT2D eigenvalue weighted by Gasteiger charge is 2.08. The van der Waals surface area contributed by atoms with Crippen molar-refractivity contribution < 1.29 is 9.53 Å². The molecule has 0 spiro atoms. The molecule has 0 N–H and O–H groups in total. The van der Waals surface area contributed by atoms with Crippen molar-refractivity contribution >= 4 is 29.3 Å². The Hall–Kier alpha value is -2.60. The van der Waals surface area contributed by atoms with Gasteiger partial charge >= 0.3 is 5.97 Å². The molecule has 0 fully saturated rings. The van der Waals surface area contributed by atoms with Crippen molar-refractivity contribution in [2.75, 3.05) is 0 Å². The molecule has 6 nitrogen and oxygen atoms in total. The summed E-state index contributed by atoms with van der Waals surface area (Å²) in [6.07, 6.45) is 8.43. The average molecular weight is 345 g/mol. The number of nitrogens with zero attached hydrogens (tertiary/aromatic N) is 4. The van der Waals surface area contributed by atoms with Gasteiger partial charge in [-0.3, -0.25) is 4.68 Å². The first-order valence-corrected chi connectivity index (χ1v) is 7.79. The number of aryl methyl sites for hydroxylation is 2. The molecule has 0 aromatic carbocycles. The highest BCUT2D eigenvalue weighted by atomic mass is 35.5. The highest BCUT2D eigenvalue weighted by Crippen LogP contribution is 2.18. The lowest BCUT2D eigenvalue weighted by molar-refractivity contribution is -0.138. The number of carbonyl (C=O) groups excluding carboxylic acids is 1. The van der Waals surface area contributed by atoms with Crippen LogP contribution in [0.5, 0.6) is 0 Å². The van der Waals surface area contributed by atoms with Gasteiger partial charge in [0.15, 0.2) is 5.65 Å². The van der Waals surface area contributed by atoms with Crippen LogP contribution in [-0.4, -0.2) is 25.1 Å². The number of rotatable bonds is 4. The number of aromatic nitrogens is 4. The Kier molecular flexibility index (Phi) is 4.40. The second kappa shape index (κ2) is 6.49. The van der Waals surface area contributed by atoms with E-state index in [4.69, 9.17) is 16.3 Å². The number of pyridine rings is 1. The lowest BCUT2D eigenvalue weighted by Gasteiger charge is -2.05. The van der Waals surface area contributed by atoms with E-state index in [1.165, 1.54) is 6.08 Å². The van der Waals surface area contributed by atoms with Gasteiger partial charge < -0.3 is 9.14 Å². The molecule has 3 aromatic rings. The van der Waals surface area contributed by atoms with E-state index in [-0.39, 0.29) is 6.61 Å². The summed E-state index contributed by atoms with van der Waals surface area (Å²) in [6, 6.07) is 1.75. The van der Waals surface area contributed by atoms with Crippen LogP contribution in [0.2, 0.25) is 5.02 Å². The van der Waals surface area contributed by atoms with Crippen LogP contribution < -0.4 is 0 Å². The van der Waals surface area contributed by atoms with E-state index in [2.05, 4.69) is 10.1 Å². The van der Waals surface area contributed by atoms with Gasteiger partial charge in [0.1, 0.15) is 6.61 Å². The predicted octanol–water partition coefficient (Wildman–Crippen LogP) is 3.09. The third-order valence-electron chi connectivity index (χ3n) is 3.83. The van der Waals surface area contributed by atoms with Crippen LogP contribution in [0.4, 0.5) is 0 Å². The maximum Gasteiger partial charge on any atom is 0.331 e. The fraction of sp³-hybridized carbons (Fsp3) is 0.235. The number of fused-ring (bicyclic) bond motifs is 1. The first-order valence-electron chi connectivity index (χ1n) is 7.42. The topological polar surface area (TPSA) is 61.4 Å². The quantitative estimate of drug-likeness (QED) is 0.539.